The monoisotopic (exact) mass is 246 g/mol. The van der Waals surface area contributed by atoms with Crippen LogP contribution in [0.4, 0.5) is 0 Å². The van der Waals surface area contributed by atoms with Crippen molar-refractivity contribution >= 4 is 10.9 Å². The van der Waals surface area contributed by atoms with Crippen molar-refractivity contribution in [3.8, 4) is 5.75 Å². The van der Waals surface area contributed by atoms with E-state index >= 15 is 0 Å². The maximum Gasteiger partial charge on any atom is 0.120 e. The molecular formula is C14H18N2O2. The van der Waals surface area contributed by atoms with Crippen LogP contribution >= 0.6 is 0 Å². The Kier molecular flexibility index (Phi) is 2.97. The Labute approximate surface area is 106 Å². The first-order valence-corrected chi connectivity index (χ1v) is 6.25. The van der Waals surface area contributed by atoms with E-state index in [-0.39, 0.29) is 6.10 Å². The van der Waals surface area contributed by atoms with Gasteiger partial charge in [0.1, 0.15) is 5.75 Å². The van der Waals surface area contributed by atoms with Crippen molar-refractivity contribution in [2.45, 2.75) is 6.10 Å². The number of nitrogens with zero attached hydrogens (tertiary/aromatic N) is 1. The van der Waals surface area contributed by atoms with E-state index in [0.717, 1.165) is 25.4 Å². The average Bonchev–Trinajstić information content (AvgIpc) is 2.77. The highest BCUT2D eigenvalue weighted by Gasteiger charge is 2.20. The standard InChI is InChI=1S/C14H18N2O2/c1-16-9-12(14-8-15-5-6-18-14)11-4-3-10(17-2)7-13(11)16/h3-4,7,9,14-15H,5-6,8H2,1-2H3. The number of rotatable bonds is 2. The number of methoxy groups -OCH3 is 1. The summed E-state index contributed by atoms with van der Waals surface area (Å²) >= 11 is 0. The highest BCUT2D eigenvalue weighted by molar-refractivity contribution is 5.85. The first-order valence-electron chi connectivity index (χ1n) is 6.25. The van der Waals surface area contributed by atoms with Crippen molar-refractivity contribution in [3.63, 3.8) is 0 Å². The first kappa shape index (κ1) is 11.6. The lowest BCUT2D eigenvalue weighted by atomic mass is 10.1. The van der Waals surface area contributed by atoms with E-state index in [2.05, 4.69) is 35.3 Å². The van der Waals surface area contributed by atoms with Crippen molar-refractivity contribution in [1.82, 2.24) is 9.88 Å². The molecule has 0 radical (unpaired) electrons. The number of ether oxygens (including phenoxy) is 2. The fourth-order valence-corrected chi connectivity index (χ4v) is 2.54. The molecule has 1 N–H and O–H groups in total. The summed E-state index contributed by atoms with van der Waals surface area (Å²) in [5.41, 5.74) is 2.43. The SMILES string of the molecule is COc1ccc2c(C3CNCCO3)cn(C)c2c1. The first-order chi connectivity index (χ1) is 8.79. The van der Waals surface area contributed by atoms with Crippen LogP contribution in [0.2, 0.25) is 0 Å². The topological polar surface area (TPSA) is 35.4 Å². The molecule has 2 heterocycles. The Morgan fingerprint density at radius 2 is 2.33 bits per heavy atom. The number of benzene rings is 1. The summed E-state index contributed by atoms with van der Waals surface area (Å²) in [6, 6.07) is 6.18. The Morgan fingerprint density at radius 3 is 3.06 bits per heavy atom. The Balaban J connectivity index is 2.07. The molecular weight excluding hydrogens is 228 g/mol. The molecule has 18 heavy (non-hydrogen) atoms. The normalized spacial score (nSPS) is 20.2. The second kappa shape index (κ2) is 4.63. The Hall–Kier alpha value is -1.52. The summed E-state index contributed by atoms with van der Waals surface area (Å²) < 4.78 is 13.2. The zero-order valence-corrected chi connectivity index (χ0v) is 10.8. The van der Waals surface area contributed by atoms with E-state index in [0.29, 0.717) is 0 Å². The molecule has 1 saturated heterocycles. The minimum atomic E-state index is 0.149. The molecule has 4 nitrogen and oxygen atoms in total. The molecule has 1 aromatic carbocycles. The van der Waals surface area contributed by atoms with E-state index < -0.39 is 0 Å². The summed E-state index contributed by atoms with van der Waals surface area (Å²) in [5, 5.41) is 4.61. The number of aryl methyl sites for hydroxylation is 1. The number of aromatic nitrogens is 1. The van der Waals surface area contributed by atoms with Crippen LogP contribution in [-0.2, 0) is 11.8 Å². The third-order valence-corrected chi connectivity index (χ3v) is 3.50. The smallest absolute Gasteiger partial charge is 0.120 e. The van der Waals surface area contributed by atoms with Gasteiger partial charge in [0.15, 0.2) is 0 Å². The van der Waals surface area contributed by atoms with Crippen molar-refractivity contribution < 1.29 is 9.47 Å². The van der Waals surface area contributed by atoms with Gasteiger partial charge in [-0.15, -0.1) is 0 Å². The molecule has 0 amide bonds. The summed E-state index contributed by atoms with van der Waals surface area (Å²) in [5.74, 6) is 0.887. The van der Waals surface area contributed by atoms with E-state index in [1.54, 1.807) is 7.11 Å². The summed E-state index contributed by atoms with van der Waals surface area (Å²) in [6.45, 7) is 2.59. The zero-order chi connectivity index (χ0) is 12.5. The molecule has 4 heteroatoms. The van der Waals surface area contributed by atoms with Crippen molar-refractivity contribution in [2.24, 2.45) is 7.05 Å². The molecule has 96 valence electrons. The van der Waals surface area contributed by atoms with Crippen molar-refractivity contribution in [2.75, 3.05) is 26.8 Å². The van der Waals surface area contributed by atoms with Crippen LogP contribution in [-0.4, -0.2) is 31.4 Å². The molecule has 0 saturated carbocycles. The summed E-state index contributed by atoms with van der Waals surface area (Å²) in [6.07, 6.45) is 2.30. The predicted molar refractivity (Wildman–Crippen MR) is 71.0 cm³/mol. The number of fused-ring (bicyclic) bond motifs is 1. The second-order valence-electron chi connectivity index (χ2n) is 4.64. The minimum Gasteiger partial charge on any atom is -0.497 e. The van der Waals surface area contributed by atoms with Gasteiger partial charge in [0.25, 0.3) is 0 Å². The molecule has 3 rings (SSSR count). The van der Waals surface area contributed by atoms with Crippen LogP contribution in [0.1, 0.15) is 11.7 Å². The minimum absolute atomic E-state index is 0.149. The van der Waals surface area contributed by atoms with Gasteiger partial charge in [-0.2, -0.15) is 0 Å². The molecule has 1 atom stereocenters. The maximum atomic E-state index is 5.83. The van der Waals surface area contributed by atoms with Crippen LogP contribution < -0.4 is 10.1 Å². The van der Waals surface area contributed by atoms with Crippen LogP contribution in [0.25, 0.3) is 10.9 Å². The van der Waals surface area contributed by atoms with Gasteiger partial charge in [0.05, 0.1) is 25.3 Å². The molecule has 1 aliphatic heterocycles. The van der Waals surface area contributed by atoms with Gasteiger partial charge in [-0.1, -0.05) is 0 Å². The highest BCUT2D eigenvalue weighted by Crippen LogP contribution is 2.31. The van der Waals surface area contributed by atoms with E-state index in [4.69, 9.17) is 9.47 Å². The molecule has 1 unspecified atom stereocenters. The quantitative estimate of drug-likeness (QED) is 0.878. The molecule has 1 aliphatic rings. The lowest BCUT2D eigenvalue weighted by Crippen LogP contribution is -2.33. The zero-order valence-electron chi connectivity index (χ0n) is 10.8. The van der Waals surface area contributed by atoms with E-state index in [9.17, 15) is 0 Å². The molecule has 0 spiro atoms. The third-order valence-electron chi connectivity index (χ3n) is 3.50. The van der Waals surface area contributed by atoms with Gasteiger partial charge in [-0.3, -0.25) is 0 Å². The molecule has 1 aromatic heterocycles. The Morgan fingerprint density at radius 1 is 1.44 bits per heavy atom. The second-order valence-corrected chi connectivity index (χ2v) is 4.64. The van der Waals surface area contributed by atoms with Gasteiger partial charge < -0.3 is 19.4 Å². The van der Waals surface area contributed by atoms with Crippen LogP contribution in [0.5, 0.6) is 5.75 Å². The van der Waals surface area contributed by atoms with Gasteiger partial charge in [-0.25, -0.2) is 0 Å². The predicted octanol–water partition coefficient (Wildman–Crippen LogP) is 1.85. The largest absolute Gasteiger partial charge is 0.497 e. The molecule has 0 bridgehead atoms. The fraction of sp³-hybridized carbons (Fsp3) is 0.429. The molecule has 1 fully saturated rings. The van der Waals surface area contributed by atoms with Crippen LogP contribution in [0.15, 0.2) is 24.4 Å². The van der Waals surface area contributed by atoms with Crippen LogP contribution in [0, 0.1) is 0 Å². The maximum absolute atomic E-state index is 5.83. The average molecular weight is 246 g/mol. The lowest BCUT2D eigenvalue weighted by Gasteiger charge is -2.23. The van der Waals surface area contributed by atoms with Gasteiger partial charge in [0, 0.05) is 43.4 Å². The summed E-state index contributed by atoms with van der Waals surface area (Å²) in [4.78, 5) is 0. The van der Waals surface area contributed by atoms with Gasteiger partial charge >= 0.3 is 0 Å². The number of morpholine rings is 1. The van der Waals surface area contributed by atoms with Crippen LogP contribution in [0.3, 0.4) is 0 Å². The fourth-order valence-electron chi connectivity index (χ4n) is 2.54. The van der Waals surface area contributed by atoms with Gasteiger partial charge in [-0.05, 0) is 12.1 Å². The number of nitrogens with one attached hydrogen (secondary N) is 1. The van der Waals surface area contributed by atoms with Crippen molar-refractivity contribution in [1.29, 1.82) is 0 Å². The molecule has 2 aromatic rings. The van der Waals surface area contributed by atoms with E-state index in [1.807, 2.05) is 6.07 Å². The Bertz CT molecular complexity index is 556. The van der Waals surface area contributed by atoms with Gasteiger partial charge in [0.2, 0.25) is 0 Å². The third kappa shape index (κ3) is 1.87. The molecule has 0 aliphatic carbocycles. The lowest BCUT2D eigenvalue weighted by molar-refractivity contribution is 0.0285. The highest BCUT2D eigenvalue weighted by atomic mass is 16.5. The van der Waals surface area contributed by atoms with Crippen molar-refractivity contribution in [3.05, 3.63) is 30.0 Å². The number of hydrogen-bond donors (Lipinski definition) is 1. The van der Waals surface area contributed by atoms with E-state index in [1.165, 1.54) is 16.5 Å². The summed E-state index contributed by atoms with van der Waals surface area (Å²) in [7, 11) is 3.75. The number of hydrogen-bond acceptors (Lipinski definition) is 3.